The standard InChI is InChI=1S/C16H19NO3S3/c1-12(13-5-7-15(8-6-13)23(2,19)20)17-16(18)11-21-10-14-4-3-9-22-14/h3-9,12H,10-11H2,1-2H3,(H,17,18). The summed E-state index contributed by atoms with van der Waals surface area (Å²) in [5.74, 6) is 1.22. The van der Waals surface area contributed by atoms with Gasteiger partial charge in [0.05, 0.1) is 16.7 Å². The fourth-order valence-corrected chi connectivity index (χ4v) is 4.32. The Labute approximate surface area is 145 Å². The van der Waals surface area contributed by atoms with Gasteiger partial charge in [-0.05, 0) is 36.1 Å². The molecule has 0 aliphatic heterocycles. The van der Waals surface area contributed by atoms with Gasteiger partial charge in [0.1, 0.15) is 0 Å². The van der Waals surface area contributed by atoms with Crippen molar-refractivity contribution < 1.29 is 13.2 Å². The van der Waals surface area contributed by atoms with Crippen molar-refractivity contribution in [3.63, 3.8) is 0 Å². The lowest BCUT2D eigenvalue weighted by molar-refractivity contribution is -0.119. The minimum absolute atomic E-state index is 0.0220. The zero-order valence-electron chi connectivity index (χ0n) is 13.0. The number of rotatable bonds is 7. The Morgan fingerprint density at radius 3 is 2.52 bits per heavy atom. The monoisotopic (exact) mass is 369 g/mol. The predicted molar refractivity (Wildman–Crippen MR) is 96.6 cm³/mol. The lowest BCUT2D eigenvalue weighted by atomic mass is 10.1. The van der Waals surface area contributed by atoms with E-state index in [9.17, 15) is 13.2 Å². The van der Waals surface area contributed by atoms with E-state index in [2.05, 4.69) is 11.4 Å². The zero-order chi connectivity index (χ0) is 16.9. The predicted octanol–water partition coefficient (Wildman–Crippen LogP) is 3.26. The first-order valence-electron chi connectivity index (χ1n) is 7.06. The maximum atomic E-state index is 12.0. The first-order chi connectivity index (χ1) is 10.9. The van der Waals surface area contributed by atoms with Gasteiger partial charge in [-0.25, -0.2) is 8.42 Å². The van der Waals surface area contributed by atoms with Crippen LogP contribution < -0.4 is 5.32 Å². The highest BCUT2D eigenvalue weighted by molar-refractivity contribution is 7.99. The van der Waals surface area contributed by atoms with Crippen LogP contribution in [0.3, 0.4) is 0 Å². The van der Waals surface area contributed by atoms with E-state index in [0.717, 1.165) is 11.3 Å². The molecule has 0 aliphatic rings. The molecule has 1 unspecified atom stereocenters. The number of carbonyl (C=O) groups excluding carboxylic acids is 1. The van der Waals surface area contributed by atoms with Crippen LogP contribution in [0.2, 0.25) is 0 Å². The summed E-state index contributed by atoms with van der Waals surface area (Å²) in [7, 11) is -3.19. The first-order valence-corrected chi connectivity index (χ1v) is 11.0. The molecule has 0 fully saturated rings. The Balaban J connectivity index is 1.83. The van der Waals surface area contributed by atoms with Gasteiger partial charge in [0, 0.05) is 16.9 Å². The Hall–Kier alpha value is -1.31. The van der Waals surface area contributed by atoms with Crippen LogP contribution in [-0.4, -0.2) is 26.3 Å². The highest BCUT2D eigenvalue weighted by Crippen LogP contribution is 2.18. The van der Waals surface area contributed by atoms with Crippen LogP contribution in [0.25, 0.3) is 0 Å². The number of thioether (sulfide) groups is 1. The Morgan fingerprint density at radius 2 is 1.96 bits per heavy atom. The highest BCUT2D eigenvalue weighted by Gasteiger charge is 2.12. The minimum Gasteiger partial charge on any atom is -0.349 e. The average Bonchev–Trinajstić information content (AvgIpc) is 2.99. The van der Waals surface area contributed by atoms with E-state index in [1.807, 2.05) is 18.4 Å². The van der Waals surface area contributed by atoms with E-state index >= 15 is 0 Å². The summed E-state index contributed by atoms with van der Waals surface area (Å²) in [5, 5.41) is 4.95. The van der Waals surface area contributed by atoms with Crippen molar-refractivity contribution in [2.24, 2.45) is 0 Å². The van der Waals surface area contributed by atoms with E-state index < -0.39 is 9.84 Å². The molecule has 0 spiro atoms. The molecule has 2 rings (SSSR count). The Morgan fingerprint density at radius 1 is 1.26 bits per heavy atom. The molecule has 1 aromatic carbocycles. The number of hydrogen-bond acceptors (Lipinski definition) is 5. The highest BCUT2D eigenvalue weighted by atomic mass is 32.2. The quantitative estimate of drug-likeness (QED) is 0.814. The summed E-state index contributed by atoms with van der Waals surface area (Å²) in [6, 6.07) is 10.5. The van der Waals surface area contributed by atoms with Crippen molar-refractivity contribution in [1.29, 1.82) is 0 Å². The number of sulfone groups is 1. The van der Waals surface area contributed by atoms with Gasteiger partial charge >= 0.3 is 0 Å². The van der Waals surface area contributed by atoms with Gasteiger partial charge in [0.2, 0.25) is 5.91 Å². The smallest absolute Gasteiger partial charge is 0.230 e. The molecule has 0 aliphatic carbocycles. The van der Waals surface area contributed by atoms with Crippen molar-refractivity contribution in [2.75, 3.05) is 12.0 Å². The maximum Gasteiger partial charge on any atom is 0.230 e. The minimum atomic E-state index is -3.19. The average molecular weight is 370 g/mol. The summed E-state index contributed by atoms with van der Waals surface area (Å²) < 4.78 is 22.9. The molecule has 1 N–H and O–H groups in total. The molecule has 1 aromatic heterocycles. The maximum absolute atomic E-state index is 12.0. The van der Waals surface area contributed by atoms with Crippen LogP contribution in [0.5, 0.6) is 0 Å². The van der Waals surface area contributed by atoms with Crippen molar-refractivity contribution in [3.8, 4) is 0 Å². The Bertz CT molecular complexity index is 737. The zero-order valence-corrected chi connectivity index (χ0v) is 15.4. The summed E-state index contributed by atoms with van der Waals surface area (Å²) in [6.07, 6.45) is 1.18. The summed E-state index contributed by atoms with van der Waals surface area (Å²) in [5.41, 5.74) is 0.883. The lowest BCUT2D eigenvalue weighted by Gasteiger charge is -2.14. The van der Waals surface area contributed by atoms with E-state index in [1.165, 1.54) is 11.1 Å². The van der Waals surface area contributed by atoms with Gasteiger partial charge < -0.3 is 5.32 Å². The van der Waals surface area contributed by atoms with Crippen LogP contribution in [0.4, 0.5) is 0 Å². The van der Waals surface area contributed by atoms with Gasteiger partial charge in [0.15, 0.2) is 9.84 Å². The molecule has 23 heavy (non-hydrogen) atoms. The molecule has 1 atom stereocenters. The molecule has 0 saturated carbocycles. The fourth-order valence-electron chi connectivity index (χ4n) is 2.01. The third-order valence-corrected chi connectivity index (χ3v) is 6.41. The second-order valence-electron chi connectivity index (χ2n) is 5.20. The summed E-state index contributed by atoms with van der Waals surface area (Å²) in [6.45, 7) is 1.89. The molecule has 0 saturated heterocycles. The van der Waals surface area contributed by atoms with Gasteiger partial charge in [-0.3, -0.25) is 4.79 Å². The SMILES string of the molecule is CC(NC(=O)CSCc1cccs1)c1ccc(S(C)(=O)=O)cc1. The number of hydrogen-bond donors (Lipinski definition) is 1. The topological polar surface area (TPSA) is 63.2 Å². The number of benzene rings is 1. The van der Waals surface area contributed by atoms with Crippen LogP contribution in [-0.2, 0) is 20.4 Å². The molecule has 7 heteroatoms. The Kier molecular flexibility index (Phi) is 6.26. The molecule has 1 heterocycles. The van der Waals surface area contributed by atoms with Crippen molar-refractivity contribution in [2.45, 2.75) is 23.6 Å². The van der Waals surface area contributed by atoms with Gasteiger partial charge in [-0.1, -0.05) is 18.2 Å². The van der Waals surface area contributed by atoms with E-state index in [-0.39, 0.29) is 16.8 Å². The summed E-state index contributed by atoms with van der Waals surface area (Å²) in [4.78, 5) is 13.5. The molecule has 0 radical (unpaired) electrons. The number of nitrogens with one attached hydrogen (secondary N) is 1. The molecular weight excluding hydrogens is 350 g/mol. The van der Waals surface area contributed by atoms with E-state index in [0.29, 0.717) is 5.75 Å². The molecule has 2 aromatic rings. The third kappa shape index (κ3) is 5.67. The largest absolute Gasteiger partial charge is 0.349 e. The molecule has 1 amide bonds. The van der Waals surface area contributed by atoms with Crippen LogP contribution in [0.15, 0.2) is 46.7 Å². The van der Waals surface area contributed by atoms with Gasteiger partial charge in [-0.15, -0.1) is 23.1 Å². The number of amides is 1. The lowest BCUT2D eigenvalue weighted by Crippen LogP contribution is -2.28. The fraction of sp³-hybridized carbons (Fsp3) is 0.312. The number of carbonyl (C=O) groups is 1. The van der Waals surface area contributed by atoms with E-state index in [1.54, 1.807) is 47.4 Å². The van der Waals surface area contributed by atoms with Gasteiger partial charge in [-0.2, -0.15) is 0 Å². The van der Waals surface area contributed by atoms with Crippen LogP contribution >= 0.6 is 23.1 Å². The summed E-state index contributed by atoms with van der Waals surface area (Å²) >= 11 is 3.27. The normalized spacial score (nSPS) is 12.8. The second kappa shape index (κ2) is 7.99. The molecule has 0 bridgehead atoms. The third-order valence-electron chi connectivity index (χ3n) is 3.24. The van der Waals surface area contributed by atoms with E-state index in [4.69, 9.17) is 0 Å². The van der Waals surface area contributed by atoms with Crippen LogP contribution in [0.1, 0.15) is 23.4 Å². The first kappa shape index (κ1) is 18.0. The molecule has 4 nitrogen and oxygen atoms in total. The number of thiophene rings is 1. The molecule has 124 valence electrons. The second-order valence-corrected chi connectivity index (χ2v) is 9.24. The van der Waals surface area contributed by atoms with Crippen molar-refractivity contribution in [3.05, 3.63) is 52.2 Å². The molecular formula is C16H19NO3S3. The van der Waals surface area contributed by atoms with Crippen molar-refractivity contribution in [1.82, 2.24) is 5.32 Å². The van der Waals surface area contributed by atoms with Crippen molar-refractivity contribution >= 4 is 38.8 Å². The van der Waals surface area contributed by atoms with Crippen LogP contribution in [0, 0.1) is 0 Å². The van der Waals surface area contributed by atoms with Gasteiger partial charge in [0.25, 0.3) is 0 Å².